The minimum Gasteiger partial charge on any atom is -0.377 e. The molecule has 0 bridgehead atoms. The molecule has 2 aliphatic rings. The molecule has 2 aromatic rings. The van der Waals surface area contributed by atoms with Crippen LogP contribution in [0, 0.1) is 18.7 Å². The molecule has 2 heterocycles. The summed E-state index contributed by atoms with van der Waals surface area (Å²) in [5, 5.41) is 0. The van der Waals surface area contributed by atoms with E-state index in [0.717, 1.165) is 24.0 Å². The minimum absolute atomic E-state index is 0.0783. The molecular weight excluding hydrogens is 357 g/mol. The van der Waals surface area contributed by atoms with E-state index in [9.17, 15) is 9.18 Å². The lowest BCUT2D eigenvalue weighted by molar-refractivity contribution is -0.0950. The molecule has 0 saturated carbocycles. The van der Waals surface area contributed by atoms with Crippen LogP contribution in [0.2, 0.25) is 0 Å². The van der Waals surface area contributed by atoms with Crippen LogP contribution in [0.4, 0.5) is 4.39 Å². The number of carbonyl (C=O) groups excluding carboxylic acids is 1. The van der Waals surface area contributed by atoms with E-state index in [1.54, 1.807) is 12.1 Å². The van der Waals surface area contributed by atoms with Gasteiger partial charge in [-0.1, -0.05) is 35.9 Å². The lowest BCUT2D eigenvalue weighted by Crippen LogP contribution is -2.63. The van der Waals surface area contributed by atoms with Gasteiger partial charge in [0.1, 0.15) is 11.4 Å². The fourth-order valence-electron chi connectivity index (χ4n) is 4.15. The average Bonchev–Trinajstić information content (AvgIpc) is 3.09. The maximum absolute atomic E-state index is 13.6. The van der Waals surface area contributed by atoms with E-state index >= 15 is 0 Å². The molecule has 5 heteroatoms. The van der Waals surface area contributed by atoms with Gasteiger partial charge >= 0.3 is 0 Å². The largest absolute Gasteiger partial charge is 0.377 e. The second kappa shape index (κ2) is 8.02. The van der Waals surface area contributed by atoms with Crippen LogP contribution >= 0.6 is 0 Å². The average molecular weight is 383 g/mol. The number of nitrogens with zero attached hydrogens (tertiary/aromatic N) is 1. The van der Waals surface area contributed by atoms with Crippen LogP contribution in [0.25, 0.3) is 0 Å². The Morgan fingerprint density at radius 3 is 2.86 bits per heavy atom. The summed E-state index contributed by atoms with van der Waals surface area (Å²) < 4.78 is 25.3. The summed E-state index contributed by atoms with van der Waals surface area (Å²) in [6, 6.07) is 14.4. The number of amides is 1. The van der Waals surface area contributed by atoms with Gasteiger partial charge in [-0.3, -0.25) is 4.79 Å². The molecule has 4 rings (SSSR count). The number of halogens is 1. The first-order chi connectivity index (χ1) is 13.5. The highest BCUT2D eigenvalue weighted by Crippen LogP contribution is 2.39. The van der Waals surface area contributed by atoms with Crippen molar-refractivity contribution < 1.29 is 18.7 Å². The van der Waals surface area contributed by atoms with Gasteiger partial charge in [0.2, 0.25) is 0 Å². The number of hydrogen-bond acceptors (Lipinski definition) is 3. The third-order valence-corrected chi connectivity index (χ3v) is 5.68. The van der Waals surface area contributed by atoms with Crippen molar-refractivity contribution in [2.24, 2.45) is 5.92 Å². The molecule has 1 unspecified atom stereocenters. The van der Waals surface area contributed by atoms with Crippen LogP contribution in [-0.2, 0) is 16.1 Å². The van der Waals surface area contributed by atoms with E-state index in [4.69, 9.17) is 9.47 Å². The predicted molar refractivity (Wildman–Crippen MR) is 105 cm³/mol. The zero-order valence-corrected chi connectivity index (χ0v) is 16.2. The molecule has 0 aliphatic carbocycles. The van der Waals surface area contributed by atoms with Crippen LogP contribution in [-0.4, -0.2) is 42.7 Å². The van der Waals surface area contributed by atoms with Crippen molar-refractivity contribution in [2.75, 3.05) is 26.3 Å². The monoisotopic (exact) mass is 383 g/mol. The zero-order valence-electron chi connectivity index (χ0n) is 16.2. The fraction of sp³-hybridized carbons (Fsp3) is 0.435. The van der Waals surface area contributed by atoms with Crippen molar-refractivity contribution in [1.82, 2.24) is 4.90 Å². The molecule has 1 atom stereocenters. The third-order valence-electron chi connectivity index (χ3n) is 5.68. The molecule has 0 radical (unpaired) electrons. The highest BCUT2D eigenvalue weighted by Gasteiger charge is 2.51. The first-order valence-electron chi connectivity index (χ1n) is 9.86. The topological polar surface area (TPSA) is 38.8 Å². The highest BCUT2D eigenvalue weighted by molar-refractivity contribution is 5.95. The van der Waals surface area contributed by atoms with Crippen LogP contribution in [0.5, 0.6) is 0 Å². The van der Waals surface area contributed by atoms with Gasteiger partial charge in [0.25, 0.3) is 5.91 Å². The summed E-state index contributed by atoms with van der Waals surface area (Å²) in [6.45, 7) is 4.90. The highest BCUT2D eigenvalue weighted by atomic mass is 19.1. The summed E-state index contributed by atoms with van der Waals surface area (Å²) in [4.78, 5) is 14.5. The Kier molecular flexibility index (Phi) is 5.47. The minimum atomic E-state index is -0.224. The van der Waals surface area contributed by atoms with Crippen LogP contribution in [0.3, 0.4) is 0 Å². The Hall–Kier alpha value is -2.24. The lowest BCUT2D eigenvalue weighted by Gasteiger charge is -2.47. The normalized spacial score (nSPS) is 20.4. The Balaban J connectivity index is 1.20. The Labute approximate surface area is 165 Å². The van der Waals surface area contributed by atoms with Gasteiger partial charge in [-0.2, -0.15) is 0 Å². The van der Waals surface area contributed by atoms with E-state index in [1.807, 2.05) is 42.2 Å². The Bertz CT molecular complexity index is 847. The molecule has 0 aromatic heterocycles. The number of likely N-dealkylation sites (tertiary alicyclic amines) is 1. The molecule has 2 fully saturated rings. The molecule has 2 saturated heterocycles. The Morgan fingerprint density at radius 1 is 1.25 bits per heavy atom. The number of hydrogen-bond donors (Lipinski definition) is 0. The van der Waals surface area contributed by atoms with Crippen molar-refractivity contribution in [3.8, 4) is 0 Å². The van der Waals surface area contributed by atoms with Crippen LogP contribution in [0.1, 0.15) is 34.3 Å². The van der Waals surface area contributed by atoms with Gasteiger partial charge in [-0.15, -0.1) is 0 Å². The van der Waals surface area contributed by atoms with Crippen molar-refractivity contribution >= 4 is 5.91 Å². The Morgan fingerprint density at radius 2 is 2.07 bits per heavy atom. The standard InChI is InChI=1S/C23H26FNO3/c1-17-5-4-7-19(11-17)22(26)25-15-23(16-25)12-18(13-28-23)9-10-27-14-20-6-2-3-8-21(20)24/h2-8,11,18H,9-10,12-16H2,1H3. The number of ether oxygens (including phenoxy) is 2. The summed E-state index contributed by atoms with van der Waals surface area (Å²) in [7, 11) is 0. The van der Waals surface area contributed by atoms with Gasteiger partial charge in [0.15, 0.2) is 0 Å². The number of carbonyl (C=O) groups is 1. The van der Waals surface area contributed by atoms with Gasteiger partial charge in [-0.05, 0) is 43.9 Å². The maximum atomic E-state index is 13.6. The van der Waals surface area contributed by atoms with E-state index in [-0.39, 0.29) is 17.3 Å². The molecular formula is C23H26FNO3. The fourth-order valence-corrected chi connectivity index (χ4v) is 4.15. The zero-order chi connectivity index (χ0) is 19.6. The third kappa shape index (κ3) is 4.10. The van der Waals surface area contributed by atoms with Gasteiger partial charge in [-0.25, -0.2) is 4.39 Å². The van der Waals surface area contributed by atoms with Crippen LogP contribution < -0.4 is 0 Å². The van der Waals surface area contributed by atoms with Gasteiger partial charge in [0.05, 0.1) is 26.3 Å². The summed E-state index contributed by atoms with van der Waals surface area (Å²) in [6.07, 6.45) is 1.84. The number of rotatable bonds is 6. The van der Waals surface area contributed by atoms with Crippen molar-refractivity contribution in [3.63, 3.8) is 0 Å². The maximum Gasteiger partial charge on any atom is 0.254 e. The van der Waals surface area contributed by atoms with Crippen molar-refractivity contribution in [2.45, 2.75) is 32.0 Å². The van der Waals surface area contributed by atoms with Gasteiger partial charge < -0.3 is 14.4 Å². The number of benzene rings is 2. The molecule has 1 spiro atoms. The SMILES string of the molecule is Cc1cccc(C(=O)N2CC3(CC(CCOCc4ccccc4F)CO3)C2)c1. The molecule has 148 valence electrons. The second-order valence-corrected chi connectivity index (χ2v) is 8.03. The van der Waals surface area contributed by atoms with Crippen molar-refractivity contribution in [1.29, 1.82) is 0 Å². The molecule has 1 amide bonds. The van der Waals surface area contributed by atoms with Crippen LogP contribution in [0.15, 0.2) is 48.5 Å². The molecule has 2 aromatic carbocycles. The van der Waals surface area contributed by atoms with Gasteiger partial charge in [0, 0.05) is 17.7 Å². The molecule has 4 nitrogen and oxygen atoms in total. The quantitative estimate of drug-likeness (QED) is 0.709. The van der Waals surface area contributed by atoms with Crippen molar-refractivity contribution in [3.05, 3.63) is 71.0 Å². The second-order valence-electron chi connectivity index (χ2n) is 8.03. The lowest BCUT2D eigenvalue weighted by atomic mass is 9.85. The first-order valence-corrected chi connectivity index (χ1v) is 9.86. The van der Waals surface area contributed by atoms with E-state index in [2.05, 4.69) is 0 Å². The summed E-state index contributed by atoms with van der Waals surface area (Å²) in [5.41, 5.74) is 2.24. The van der Waals surface area contributed by atoms with E-state index in [1.165, 1.54) is 6.07 Å². The predicted octanol–water partition coefficient (Wildman–Crippen LogP) is 3.97. The molecule has 28 heavy (non-hydrogen) atoms. The number of aryl methyl sites for hydroxylation is 1. The first kappa shape index (κ1) is 19.1. The molecule has 0 N–H and O–H groups in total. The van der Waals surface area contributed by atoms with E-state index < -0.39 is 0 Å². The molecule has 2 aliphatic heterocycles. The van der Waals surface area contributed by atoms with E-state index in [0.29, 0.717) is 44.4 Å². The summed E-state index contributed by atoms with van der Waals surface area (Å²) in [5.74, 6) is 0.282. The summed E-state index contributed by atoms with van der Waals surface area (Å²) >= 11 is 0. The smallest absolute Gasteiger partial charge is 0.254 e.